The van der Waals surface area contributed by atoms with Gasteiger partial charge in [0.2, 0.25) is 5.91 Å². The molecular weight excluding hydrogens is 342 g/mol. The lowest BCUT2D eigenvalue weighted by Crippen LogP contribution is -2.42. The minimum atomic E-state index is -0.274. The lowest BCUT2D eigenvalue weighted by Gasteiger charge is -2.37. The number of aliphatic hydroxyl groups excluding tert-OH is 1. The van der Waals surface area contributed by atoms with E-state index in [0.29, 0.717) is 12.8 Å². The Morgan fingerprint density at radius 3 is 2.78 bits per heavy atom. The van der Waals surface area contributed by atoms with E-state index < -0.39 is 0 Å². The molecule has 0 bridgehead atoms. The fourth-order valence-corrected chi connectivity index (χ4v) is 3.63. The smallest absolute Gasteiger partial charge is 0.240 e. The van der Waals surface area contributed by atoms with Gasteiger partial charge in [-0.3, -0.25) is 9.48 Å². The minimum Gasteiger partial charge on any atom is -0.393 e. The average Bonchev–Trinajstić information content (AvgIpc) is 3.27. The summed E-state index contributed by atoms with van der Waals surface area (Å²) in [5.41, 5.74) is 1.94. The van der Waals surface area contributed by atoms with Crippen molar-refractivity contribution in [2.75, 3.05) is 0 Å². The van der Waals surface area contributed by atoms with Crippen LogP contribution in [0, 0.1) is 5.92 Å². The Balaban J connectivity index is 1.49. The molecule has 2 aromatic heterocycles. The third-order valence-corrected chi connectivity index (χ3v) is 5.08. The van der Waals surface area contributed by atoms with Crippen molar-refractivity contribution in [1.82, 2.24) is 24.6 Å². The van der Waals surface area contributed by atoms with Crippen LogP contribution >= 0.6 is 0 Å². The number of amides is 1. The second kappa shape index (κ2) is 7.36. The molecule has 2 N–H and O–H groups in total. The van der Waals surface area contributed by atoms with Gasteiger partial charge in [-0.1, -0.05) is 30.3 Å². The van der Waals surface area contributed by atoms with Gasteiger partial charge in [-0.2, -0.15) is 5.10 Å². The molecule has 0 spiro atoms. The van der Waals surface area contributed by atoms with Gasteiger partial charge in [-0.25, -0.2) is 4.98 Å². The third kappa shape index (κ3) is 3.78. The van der Waals surface area contributed by atoms with E-state index in [9.17, 15) is 9.90 Å². The Kier molecular flexibility index (Phi) is 4.77. The number of imidazole rings is 1. The van der Waals surface area contributed by atoms with Crippen molar-refractivity contribution in [1.29, 1.82) is 0 Å². The van der Waals surface area contributed by atoms with Crippen molar-refractivity contribution < 1.29 is 9.90 Å². The molecule has 2 heterocycles. The van der Waals surface area contributed by atoms with Crippen LogP contribution < -0.4 is 5.32 Å². The van der Waals surface area contributed by atoms with Crippen molar-refractivity contribution in [2.45, 2.75) is 31.5 Å². The molecule has 1 amide bonds. The summed E-state index contributed by atoms with van der Waals surface area (Å²) in [5, 5.41) is 17.0. The first-order valence-electron chi connectivity index (χ1n) is 9.12. The number of nitrogens with zero attached hydrogens (tertiary/aromatic N) is 4. The van der Waals surface area contributed by atoms with E-state index in [1.165, 1.54) is 0 Å². The van der Waals surface area contributed by atoms with E-state index >= 15 is 0 Å². The van der Waals surface area contributed by atoms with Crippen molar-refractivity contribution in [3.63, 3.8) is 0 Å². The van der Waals surface area contributed by atoms with Gasteiger partial charge in [0.1, 0.15) is 12.4 Å². The number of carbonyl (C=O) groups is 1. The predicted octanol–water partition coefficient (Wildman–Crippen LogP) is 1.91. The number of benzene rings is 1. The highest BCUT2D eigenvalue weighted by atomic mass is 16.3. The SMILES string of the molecule is Cn1cc(C(NC(=O)Cn2ccnc2-c2ccccc2)C2CC(O)C2)cn1. The van der Waals surface area contributed by atoms with E-state index in [2.05, 4.69) is 15.4 Å². The Labute approximate surface area is 157 Å². The molecule has 0 saturated heterocycles. The maximum absolute atomic E-state index is 12.8. The standard InChI is InChI=1S/C20H23N5O2/c1-24-12-16(11-22-24)19(15-9-17(26)10-15)23-18(27)13-25-8-7-21-20(25)14-5-3-2-4-6-14/h2-8,11-12,15,17,19,26H,9-10,13H2,1H3,(H,23,27). The summed E-state index contributed by atoms with van der Waals surface area (Å²) in [6.07, 6.45) is 8.33. The van der Waals surface area contributed by atoms with Crippen LogP contribution in [0.5, 0.6) is 0 Å². The van der Waals surface area contributed by atoms with Gasteiger partial charge in [0.15, 0.2) is 0 Å². The number of rotatable bonds is 6. The lowest BCUT2D eigenvalue weighted by atomic mass is 9.75. The van der Waals surface area contributed by atoms with Gasteiger partial charge in [-0.15, -0.1) is 0 Å². The first-order chi connectivity index (χ1) is 13.1. The second-order valence-corrected chi connectivity index (χ2v) is 7.12. The number of hydrogen-bond acceptors (Lipinski definition) is 4. The maximum Gasteiger partial charge on any atom is 0.240 e. The minimum absolute atomic E-state index is 0.0829. The molecule has 1 saturated carbocycles. The molecule has 1 aliphatic rings. The van der Waals surface area contributed by atoms with E-state index in [1.54, 1.807) is 17.1 Å². The summed E-state index contributed by atoms with van der Waals surface area (Å²) in [5.74, 6) is 0.910. The molecule has 140 valence electrons. The zero-order chi connectivity index (χ0) is 18.8. The topological polar surface area (TPSA) is 85.0 Å². The number of aryl methyl sites for hydroxylation is 1. The molecule has 7 nitrogen and oxygen atoms in total. The van der Waals surface area contributed by atoms with Crippen molar-refractivity contribution in [3.8, 4) is 11.4 Å². The molecule has 1 aromatic carbocycles. The number of aliphatic hydroxyl groups is 1. The summed E-state index contributed by atoms with van der Waals surface area (Å²) >= 11 is 0. The number of aromatic nitrogens is 4. The third-order valence-electron chi connectivity index (χ3n) is 5.08. The Morgan fingerprint density at radius 2 is 2.11 bits per heavy atom. The molecule has 1 aliphatic carbocycles. The van der Waals surface area contributed by atoms with Crippen molar-refractivity contribution >= 4 is 5.91 Å². The van der Waals surface area contributed by atoms with Gasteiger partial charge in [0.05, 0.1) is 18.3 Å². The molecule has 1 unspecified atom stereocenters. The fraction of sp³-hybridized carbons (Fsp3) is 0.350. The Hall–Kier alpha value is -2.93. The average molecular weight is 365 g/mol. The van der Waals surface area contributed by atoms with Crippen LogP contribution in [0.2, 0.25) is 0 Å². The van der Waals surface area contributed by atoms with Gasteiger partial charge in [0.25, 0.3) is 0 Å². The number of hydrogen-bond donors (Lipinski definition) is 2. The number of nitrogens with one attached hydrogen (secondary N) is 1. The highest BCUT2D eigenvalue weighted by Crippen LogP contribution is 2.38. The van der Waals surface area contributed by atoms with Crippen LogP contribution in [-0.2, 0) is 18.4 Å². The highest BCUT2D eigenvalue weighted by Gasteiger charge is 2.36. The maximum atomic E-state index is 12.8. The summed E-state index contributed by atoms with van der Waals surface area (Å²) in [4.78, 5) is 17.2. The fourth-order valence-electron chi connectivity index (χ4n) is 3.63. The van der Waals surface area contributed by atoms with E-state index in [4.69, 9.17) is 0 Å². The molecule has 7 heteroatoms. The zero-order valence-electron chi connectivity index (χ0n) is 15.2. The monoisotopic (exact) mass is 365 g/mol. The van der Waals surface area contributed by atoms with Gasteiger partial charge < -0.3 is 15.0 Å². The summed E-state index contributed by atoms with van der Waals surface area (Å²) in [6, 6.07) is 9.67. The Bertz CT molecular complexity index is 911. The molecule has 0 radical (unpaired) electrons. The van der Waals surface area contributed by atoms with Crippen molar-refractivity contribution in [3.05, 3.63) is 60.7 Å². The van der Waals surface area contributed by atoms with Gasteiger partial charge in [0, 0.05) is 36.8 Å². The zero-order valence-corrected chi connectivity index (χ0v) is 15.2. The highest BCUT2D eigenvalue weighted by molar-refractivity contribution is 5.77. The summed E-state index contributed by atoms with van der Waals surface area (Å²) < 4.78 is 3.58. The molecule has 4 rings (SSSR count). The molecule has 1 atom stereocenters. The lowest BCUT2D eigenvalue weighted by molar-refractivity contribution is -0.123. The number of carbonyl (C=O) groups excluding carboxylic acids is 1. The first-order valence-corrected chi connectivity index (χ1v) is 9.12. The van der Waals surface area contributed by atoms with Gasteiger partial charge in [-0.05, 0) is 18.8 Å². The van der Waals surface area contributed by atoms with Crippen molar-refractivity contribution in [2.24, 2.45) is 13.0 Å². The second-order valence-electron chi connectivity index (χ2n) is 7.12. The largest absolute Gasteiger partial charge is 0.393 e. The molecule has 0 aliphatic heterocycles. The van der Waals surface area contributed by atoms with E-state index in [1.807, 2.05) is 54.3 Å². The van der Waals surface area contributed by atoms with Crippen LogP contribution in [0.25, 0.3) is 11.4 Å². The normalized spacial score (nSPS) is 20.1. The molecule has 3 aromatic rings. The van der Waals surface area contributed by atoms with Crippen LogP contribution in [0.1, 0.15) is 24.4 Å². The summed E-state index contributed by atoms with van der Waals surface area (Å²) in [6.45, 7) is 0.191. The predicted molar refractivity (Wildman–Crippen MR) is 100 cm³/mol. The van der Waals surface area contributed by atoms with Crippen LogP contribution in [-0.4, -0.2) is 36.4 Å². The molecular formula is C20H23N5O2. The van der Waals surface area contributed by atoms with E-state index in [0.717, 1.165) is 17.0 Å². The van der Waals surface area contributed by atoms with Crippen LogP contribution in [0.4, 0.5) is 0 Å². The first kappa shape index (κ1) is 17.5. The molecule has 1 fully saturated rings. The Morgan fingerprint density at radius 1 is 1.33 bits per heavy atom. The van der Waals surface area contributed by atoms with Crippen LogP contribution in [0.3, 0.4) is 0 Å². The molecule has 27 heavy (non-hydrogen) atoms. The van der Waals surface area contributed by atoms with E-state index in [-0.39, 0.29) is 30.5 Å². The quantitative estimate of drug-likeness (QED) is 0.699. The van der Waals surface area contributed by atoms with Gasteiger partial charge >= 0.3 is 0 Å². The summed E-state index contributed by atoms with van der Waals surface area (Å²) in [7, 11) is 1.86. The van der Waals surface area contributed by atoms with Crippen LogP contribution in [0.15, 0.2) is 55.1 Å².